The van der Waals surface area contributed by atoms with Crippen molar-refractivity contribution in [1.82, 2.24) is 0 Å². The molecule has 6 unspecified atom stereocenters. The quantitative estimate of drug-likeness (QED) is 0.0196. The molecule has 1 aliphatic rings. The Morgan fingerprint density at radius 2 is 0.932 bits per heavy atom. The molecule has 12 nitrogen and oxygen atoms in total. The first kappa shape index (κ1) is 69.8. The fraction of sp³-hybridized carbons (Fsp3) is 0.820. The molecule has 0 aliphatic carbocycles. The van der Waals surface area contributed by atoms with Crippen LogP contribution >= 0.6 is 0 Å². The van der Waals surface area contributed by atoms with Gasteiger partial charge < -0.3 is 34.3 Å². The van der Waals surface area contributed by atoms with Crippen LogP contribution < -0.4 is 0 Å². The highest BCUT2D eigenvalue weighted by molar-refractivity contribution is 7.80. The first-order valence-electron chi connectivity index (χ1n) is 30.0. The van der Waals surface area contributed by atoms with Gasteiger partial charge in [0, 0.05) is 13.0 Å². The van der Waals surface area contributed by atoms with Gasteiger partial charge in [0.25, 0.3) is 0 Å². The van der Waals surface area contributed by atoms with Crippen LogP contribution in [0.4, 0.5) is 0 Å². The van der Waals surface area contributed by atoms with Crippen molar-refractivity contribution in [2.45, 2.75) is 295 Å². The molecule has 4 N–H and O–H groups in total. The molecule has 1 heterocycles. The van der Waals surface area contributed by atoms with Crippen LogP contribution in [0.5, 0.6) is 0 Å². The van der Waals surface area contributed by atoms with Crippen LogP contribution in [-0.4, -0.2) is 97.5 Å². The number of allylic oxidation sites excluding steroid dienone is 10. The van der Waals surface area contributed by atoms with E-state index in [4.69, 9.17) is 18.9 Å². The molecule has 1 aliphatic heterocycles. The number of rotatable bonds is 53. The van der Waals surface area contributed by atoms with Crippen LogP contribution in [0.1, 0.15) is 258 Å². The van der Waals surface area contributed by atoms with Crippen molar-refractivity contribution in [3.05, 3.63) is 60.8 Å². The normalized spacial score (nSPS) is 19.1. The second kappa shape index (κ2) is 51.6. The fourth-order valence-electron chi connectivity index (χ4n) is 9.13. The van der Waals surface area contributed by atoms with E-state index in [9.17, 15) is 33.1 Å². The van der Waals surface area contributed by atoms with Gasteiger partial charge in [-0.3, -0.25) is 9.35 Å². The monoisotopic (exact) mass is 1070 g/mol. The van der Waals surface area contributed by atoms with Gasteiger partial charge in [-0.25, -0.2) is 4.18 Å². The molecule has 432 valence electrons. The molecule has 6 atom stereocenters. The summed E-state index contributed by atoms with van der Waals surface area (Å²) in [5.74, 6) is -0.405. The van der Waals surface area contributed by atoms with E-state index in [0.29, 0.717) is 13.0 Å². The number of hydrogen-bond acceptors (Lipinski definition) is 11. The Morgan fingerprint density at radius 3 is 1.38 bits per heavy atom. The minimum atomic E-state index is -5.07. The fourth-order valence-corrected chi connectivity index (χ4v) is 9.64. The van der Waals surface area contributed by atoms with E-state index in [0.717, 1.165) is 70.6 Å². The number of aliphatic hydroxyl groups is 3. The maximum Gasteiger partial charge on any atom is 0.397 e. The summed E-state index contributed by atoms with van der Waals surface area (Å²) in [5, 5.41) is 30.9. The summed E-state index contributed by atoms with van der Waals surface area (Å²) in [5.41, 5.74) is 0. The van der Waals surface area contributed by atoms with E-state index < -0.39 is 59.8 Å². The summed E-state index contributed by atoms with van der Waals surface area (Å²) in [6.45, 7) is 3.91. The lowest BCUT2D eigenvalue weighted by atomic mass is 9.99. The summed E-state index contributed by atoms with van der Waals surface area (Å²) in [4.78, 5) is 13.0. The third kappa shape index (κ3) is 43.9. The van der Waals surface area contributed by atoms with Gasteiger partial charge in [-0.05, 0) is 77.0 Å². The van der Waals surface area contributed by atoms with Crippen LogP contribution in [-0.2, 0) is 38.3 Å². The molecule has 0 aromatic heterocycles. The van der Waals surface area contributed by atoms with Gasteiger partial charge in [-0.2, -0.15) is 8.42 Å². The van der Waals surface area contributed by atoms with Gasteiger partial charge >= 0.3 is 16.4 Å². The van der Waals surface area contributed by atoms with E-state index in [-0.39, 0.29) is 19.6 Å². The molecule has 0 saturated carbocycles. The number of esters is 1. The maximum atomic E-state index is 13.0. The zero-order valence-corrected chi connectivity index (χ0v) is 47.7. The zero-order valence-electron chi connectivity index (χ0n) is 46.9. The Morgan fingerprint density at radius 1 is 0.527 bits per heavy atom. The molecule has 74 heavy (non-hydrogen) atoms. The highest BCUT2D eigenvalue weighted by atomic mass is 32.3. The second-order valence-electron chi connectivity index (χ2n) is 20.6. The van der Waals surface area contributed by atoms with E-state index >= 15 is 0 Å². The summed E-state index contributed by atoms with van der Waals surface area (Å²) in [7, 11) is -5.07. The Hall–Kier alpha value is -2.20. The largest absolute Gasteiger partial charge is 0.457 e. The number of aliphatic hydroxyl groups excluding tert-OH is 3. The first-order chi connectivity index (χ1) is 36.1. The first-order valence-corrected chi connectivity index (χ1v) is 31.4. The molecule has 0 aromatic carbocycles. The number of carbonyl (C=O) groups is 1. The van der Waals surface area contributed by atoms with Crippen molar-refractivity contribution in [3.8, 4) is 0 Å². The molecule has 1 rings (SSSR count). The van der Waals surface area contributed by atoms with Crippen molar-refractivity contribution in [2.75, 3.05) is 26.4 Å². The Balaban J connectivity index is 2.27. The van der Waals surface area contributed by atoms with Crippen molar-refractivity contribution in [3.63, 3.8) is 0 Å². The molecule has 0 aromatic rings. The SMILES string of the molecule is CC/C=C\C/C=C\C/C=C\C/C=C\CCCCCCCCCCC(=O)OC(COCCCCCCCCCCCCCCCC/C=C\CCCCCCCCCC)COC1OC(CO)C(O)C(OS(=O)(=O)O)C1O. The maximum absolute atomic E-state index is 13.0. The summed E-state index contributed by atoms with van der Waals surface area (Å²) >= 11 is 0. The number of carbonyl (C=O) groups excluding carboxylic acids is 1. The van der Waals surface area contributed by atoms with Gasteiger partial charge in [0.1, 0.15) is 30.5 Å². The average molecular weight is 1070 g/mol. The van der Waals surface area contributed by atoms with E-state index in [1.165, 1.54) is 161 Å². The predicted molar refractivity (Wildman–Crippen MR) is 303 cm³/mol. The van der Waals surface area contributed by atoms with Crippen molar-refractivity contribution in [2.24, 2.45) is 0 Å². The van der Waals surface area contributed by atoms with E-state index in [1.54, 1.807) is 0 Å². The van der Waals surface area contributed by atoms with E-state index in [1.807, 2.05) is 0 Å². The predicted octanol–water partition coefficient (Wildman–Crippen LogP) is 15.2. The highest BCUT2D eigenvalue weighted by Gasteiger charge is 2.48. The van der Waals surface area contributed by atoms with Crippen molar-refractivity contribution < 1.29 is 56.2 Å². The van der Waals surface area contributed by atoms with Gasteiger partial charge in [0.2, 0.25) is 0 Å². The van der Waals surface area contributed by atoms with Crippen LogP contribution in [0.15, 0.2) is 60.8 Å². The summed E-state index contributed by atoms with van der Waals surface area (Å²) in [6.07, 6.45) is 58.3. The molecular weight excluding hydrogens is 957 g/mol. The van der Waals surface area contributed by atoms with Crippen LogP contribution in [0.2, 0.25) is 0 Å². The van der Waals surface area contributed by atoms with Crippen LogP contribution in [0, 0.1) is 0 Å². The average Bonchev–Trinajstić information content (AvgIpc) is 3.38. The van der Waals surface area contributed by atoms with Crippen molar-refractivity contribution in [1.29, 1.82) is 0 Å². The lowest BCUT2D eigenvalue weighted by Crippen LogP contribution is -2.60. The van der Waals surface area contributed by atoms with Gasteiger partial charge in [0.15, 0.2) is 6.29 Å². The molecule has 1 fully saturated rings. The molecule has 0 bridgehead atoms. The van der Waals surface area contributed by atoms with Gasteiger partial charge in [-0.1, -0.05) is 235 Å². The number of hydrogen-bond donors (Lipinski definition) is 4. The molecule has 0 radical (unpaired) electrons. The molecule has 0 amide bonds. The van der Waals surface area contributed by atoms with E-state index in [2.05, 4.69) is 78.8 Å². The third-order valence-corrected chi connectivity index (χ3v) is 14.1. The molecule has 13 heteroatoms. The second-order valence-corrected chi connectivity index (χ2v) is 21.6. The zero-order chi connectivity index (χ0) is 53.8. The molecule has 1 saturated heterocycles. The Kier molecular flexibility index (Phi) is 48.6. The molecular formula is C61H110O12S. The minimum Gasteiger partial charge on any atom is -0.457 e. The number of ether oxygens (including phenoxy) is 4. The lowest BCUT2D eigenvalue weighted by Gasteiger charge is -2.41. The minimum absolute atomic E-state index is 0.0324. The Labute approximate surface area is 452 Å². The van der Waals surface area contributed by atoms with Gasteiger partial charge in [0.05, 0.1) is 19.8 Å². The Bertz CT molecular complexity index is 1510. The highest BCUT2D eigenvalue weighted by Crippen LogP contribution is 2.26. The standard InChI is InChI=1S/C61H110O12S/c1-3-5-7-9-11-13-15-17-19-21-23-25-26-27-28-29-31-33-35-37-39-41-43-45-47-49-51-69-53-55(54-70-61-59(65)60(73-74(66,67)68)58(64)56(52-62)72-61)71-57(63)50-48-46-44-42-40-38-36-34-32-30-24-22-20-18-16-14-12-10-8-6-4-2/h6,8,12,14,18,20-21,23-24,30,55-56,58-62,64-65H,3-5,7,9-11,13,15-17,19,22,25-29,31-54H2,1-2H3,(H,66,67,68)/b8-6-,14-12-,20-18-,23-21-,30-24-. The summed E-state index contributed by atoms with van der Waals surface area (Å²) in [6, 6.07) is 0. The summed E-state index contributed by atoms with van der Waals surface area (Å²) < 4.78 is 59.5. The van der Waals surface area contributed by atoms with Crippen molar-refractivity contribution >= 4 is 16.4 Å². The number of unbranched alkanes of at least 4 members (excludes halogenated alkanes) is 30. The van der Waals surface area contributed by atoms with Gasteiger partial charge in [-0.15, -0.1) is 0 Å². The smallest absolute Gasteiger partial charge is 0.397 e. The topological polar surface area (TPSA) is 178 Å². The molecule has 0 spiro atoms. The lowest BCUT2D eigenvalue weighted by molar-refractivity contribution is -0.301. The van der Waals surface area contributed by atoms with Crippen LogP contribution in [0.3, 0.4) is 0 Å². The third-order valence-electron chi connectivity index (χ3n) is 13.6. The van der Waals surface area contributed by atoms with Crippen LogP contribution in [0.25, 0.3) is 0 Å².